The SMILES string of the molecule is Cl.O=C(CS(=O)(=O)C1CCCC1)N[C@H]1CCCNC1. The van der Waals surface area contributed by atoms with Crippen molar-refractivity contribution in [3.63, 3.8) is 0 Å². The summed E-state index contributed by atoms with van der Waals surface area (Å²) in [5.41, 5.74) is 0. The Kier molecular flexibility index (Phi) is 6.56. The van der Waals surface area contributed by atoms with Crippen LogP contribution in [-0.2, 0) is 14.6 Å². The number of hydrogen-bond donors (Lipinski definition) is 2. The molecular weight excluding hydrogens is 288 g/mol. The molecule has 0 bridgehead atoms. The number of piperidine rings is 1. The topological polar surface area (TPSA) is 75.3 Å². The molecular formula is C12H23ClN2O3S. The number of amides is 1. The minimum atomic E-state index is -3.24. The van der Waals surface area contributed by atoms with Crippen molar-refractivity contribution in [1.82, 2.24) is 10.6 Å². The van der Waals surface area contributed by atoms with E-state index in [1.54, 1.807) is 0 Å². The molecule has 1 saturated heterocycles. The molecule has 1 aliphatic carbocycles. The fraction of sp³-hybridized carbons (Fsp3) is 0.917. The first-order valence-corrected chi connectivity index (χ1v) is 8.51. The lowest BCUT2D eigenvalue weighted by Crippen LogP contribution is -2.47. The van der Waals surface area contributed by atoms with Crippen molar-refractivity contribution in [3.8, 4) is 0 Å². The van der Waals surface area contributed by atoms with Gasteiger partial charge in [-0.1, -0.05) is 12.8 Å². The minimum Gasteiger partial charge on any atom is -0.351 e. The van der Waals surface area contributed by atoms with Crippen LogP contribution >= 0.6 is 12.4 Å². The smallest absolute Gasteiger partial charge is 0.235 e. The third kappa shape index (κ3) is 4.93. The van der Waals surface area contributed by atoms with E-state index in [0.717, 1.165) is 51.6 Å². The van der Waals surface area contributed by atoms with Gasteiger partial charge < -0.3 is 10.6 Å². The maximum absolute atomic E-state index is 12.0. The number of nitrogens with one attached hydrogen (secondary N) is 2. The molecule has 2 N–H and O–H groups in total. The van der Waals surface area contributed by atoms with Crippen molar-refractivity contribution in [2.24, 2.45) is 0 Å². The highest BCUT2D eigenvalue weighted by Crippen LogP contribution is 2.25. The fourth-order valence-electron chi connectivity index (χ4n) is 2.79. The molecule has 2 fully saturated rings. The molecule has 0 radical (unpaired) electrons. The van der Waals surface area contributed by atoms with Crippen molar-refractivity contribution < 1.29 is 13.2 Å². The molecule has 0 spiro atoms. The molecule has 19 heavy (non-hydrogen) atoms. The van der Waals surface area contributed by atoms with Crippen LogP contribution in [0.3, 0.4) is 0 Å². The average molecular weight is 311 g/mol. The van der Waals surface area contributed by atoms with E-state index in [4.69, 9.17) is 0 Å². The summed E-state index contributed by atoms with van der Waals surface area (Å²) in [5, 5.41) is 5.73. The van der Waals surface area contributed by atoms with Crippen LogP contribution in [0.25, 0.3) is 0 Å². The summed E-state index contributed by atoms with van der Waals surface area (Å²) in [6, 6.07) is 0.0880. The largest absolute Gasteiger partial charge is 0.351 e. The van der Waals surface area contributed by atoms with Crippen LogP contribution in [0, 0.1) is 0 Å². The molecule has 0 aromatic heterocycles. The molecule has 5 nitrogen and oxygen atoms in total. The quantitative estimate of drug-likeness (QED) is 0.799. The molecule has 1 amide bonds. The lowest BCUT2D eigenvalue weighted by molar-refractivity contribution is -0.119. The van der Waals surface area contributed by atoms with Gasteiger partial charge in [-0.15, -0.1) is 12.4 Å². The number of halogens is 1. The minimum absolute atomic E-state index is 0. The van der Waals surface area contributed by atoms with Gasteiger partial charge in [0.25, 0.3) is 0 Å². The van der Waals surface area contributed by atoms with E-state index < -0.39 is 9.84 Å². The van der Waals surface area contributed by atoms with E-state index in [9.17, 15) is 13.2 Å². The number of rotatable bonds is 4. The van der Waals surface area contributed by atoms with Crippen molar-refractivity contribution in [1.29, 1.82) is 0 Å². The Morgan fingerprint density at radius 3 is 2.42 bits per heavy atom. The van der Waals surface area contributed by atoms with Crippen LogP contribution in [0.1, 0.15) is 38.5 Å². The zero-order valence-electron chi connectivity index (χ0n) is 11.1. The van der Waals surface area contributed by atoms with E-state index in [0.29, 0.717) is 0 Å². The monoisotopic (exact) mass is 310 g/mol. The molecule has 7 heteroatoms. The van der Waals surface area contributed by atoms with Gasteiger partial charge in [0.15, 0.2) is 9.84 Å². The van der Waals surface area contributed by atoms with Gasteiger partial charge in [-0.25, -0.2) is 8.42 Å². The fourth-order valence-corrected chi connectivity index (χ4v) is 4.53. The lowest BCUT2D eigenvalue weighted by Gasteiger charge is -2.24. The van der Waals surface area contributed by atoms with E-state index in [2.05, 4.69) is 10.6 Å². The van der Waals surface area contributed by atoms with E-state index in [1.807, 2.05) is 0 Å². The zero-order chi connectivity index (χ0) is 13.0. The molecule has 112 valence electrons. The second kappa shape index (κ2) is 7.45. The van der Waals surface area contributed by atoms with Crippen molar-refractivity contribution in [3.05, 3.63) is 0 Å². The maximum Gasteiger partial charge on any atom is 0.235 e. The molecule has 2 rings (SSSR count). The number of sulfone groups is 1. The summed E-state index contributed by atoms with van der Waals surface area (Å²) in [7, 11) is -3.24. The Bertz CT molecular complexity index is 388. The first-order valence-electron chi connectivity index (χ1n) is 6.79. The first kappa shape index (κ1) is 16.7. The normalized spacial score (nSPS) is 24.7. The standard InChI is InChI=1S/C12H22N2O3S.ClH/c15-12(14-10-4-3-7-13-8-10)9-18(16,17)11-5-1-2-6-11;/h10-11,13H,1-9H2,(H,14,15);1H/t10-;/m0./s1. The van der Waals surface area contributed by atoms with E-state index in [1.165, 1.54) is 0 Å². The molecule has 2 aliphatic rings. The van der Waals surface area contributed by atoms with Gasteiger partial charge in [0, 0.05) is 12.6 Å². The summed E-state index contributed by atoms with van der Waals surface area (Å²) < 4.78 is 24.0. The van der Waals surface area contributed by atoms with Gasteiger partial charge in [0.2, 0.25) is 5.91 Å². The Labute approximate surface area is 121 Å². The summed E-state index contributed by atoms with van der Waals surface area (Å²) in [5.74, 6) is -0.677. The van der Waals surface area contributed by atoms with Gasteiger partial charge >= 0.3 is 0 Å². The molecule has 1 heterocycles. The third-order valence-corrected chi connectivity index (χ3v) is 5.96. The molecule has 1 aliphatic heterocycles. The second-order valence-corrected chi connectivity index (χ2v) is 7.61. The van der Waals surface area contributed by atoms with E-state index >= 15 is 0 Å². The second-order valence-electron chi connectivity index (χ2n) is 5.32. The van der Waals surface area contributed by atoms with Gasteiger partial charge in [-0.05, 0) is 32.2 Å². The van der Waals surface area contributed by atoms with Crippen molar-refractivity contribution in [2.45, 2.75) is 49.8 Å². The van der Waals surface area contributed by atoms with Crippen LogP contribution in [0.2, 0.25) is 0 Å². The highest BCUT2D eigenvalue weighted by atomic mass is 35.5. The Hall–Kier alpha value is -0.330. The van der Waals surface area contributed by atoms with Crippen molar-refractivity contribution >= 4 is 28.2 Å². The van der Waals surface area contributed by atoms with Crippen molar-refractivity contribution in [2.75, 3.05) is 18.8 Å². The Balaban J connectivity index is 0.00000180. The van der Waals surface area contributed by atoms with Crippen LogP contribution in [0.4, 0.5) is 0 Å². The van der Waals surface area contributed by atoms with Crippen LogP contribution in [0.5, 0.6) is 0 Å². The highest BCUT2D eigenvalue weighted by Gasteiger charge is 2.31. The lowest BCUT2D eigenvalue weighted by atomic mass is 10.1. The highest BCUT2D eigenvalue weighted by molar-refractivity contribution is 7.92. The molecule has 1 saturated carbocycles. The number of hydrogen-bond acceptors (Lipinski definition) is 4. The average Bonchev–Trinajstić information content (AvgIpc) is 2.83. The number of carbonyl (C=O) groups excluding carboxylic acids is 1. The van der Waals surface area contributed by atoms with Crippen LogP contribution in [-0.4, -0.2) is 44.5 Å². The molecule has 0 aromatic carbocycles. The summed E-state index contributed by atoms with van der Waals surface area (Å²) in [6.07, 6.45) is 5.35. The van der Waals surface area contributed by atoms with Gasteiger partial charge in [-0.2, -0.15) is 0 Å². The maximum atomic E-state index is 12.0. The van der Waals surface area contributed by atoms with Gasteiger partial charge in [0.1, 0.15) is 5.75 Å². The third-order valence-electron chi connectivity index (χ3n) is 3.80. The van der Waals surface area contributed by atoms with Crippen LogP contribution < -0.4 is 10.6 Å². The molecule has 0 unspecified atom stereocenters. The summed E-state index contributed by atoms with van der Waals surface area (Å²) >= 11 is 0. The zero-order valence-corrected chi connectivity index (χ0v) is 12.7. The Morgan fingerprint density at radius 1 is 1.16 bits per heavy atom. The predicted molar refractivity (Wildman–Crippen MR) is 77.3 cm³/mol. The van der Waals surface area contributed by atoms with Crippen LogP contribution in [0.15, 0.2) is 0 Å². The van der Waals surface area contributed by atoms with E-state index in [-0.39, 0.29) is 35.4 Å². The molecule has 0 aromatic rings. The Morgan fingerprint density at radius 2 is 1.84 bits per heavy atom. The summed E-state index contributed by atoms with van der Waals surface area (Å²) in [4.78, 5) is 11.8. The number of carbonyl (C=O) groups is 1. The predicted octanol–water partition coefficient (Wildman–Crippen LogP) is 0.634. The first-order chi connectivity index (χ1) is 8.58. The molecule has 1 atom stereocenters. The summed E-state index contributed by atoms with van der Waals surface area (Å²) in [6.45, 7) is 1.72. The van der Waals surface area contributed by atoms with Gasteiger partial charge in [0.05, 0.1) is 5.25 Å². The van der Waals surface area contributed by atoms with Gasteiger partial charge in [-0.3, -0.25) is 4.79 Å².